The first-order chi connectivity index (χ1) is 35.0. The summed E-state index contributed by atoms with van der Waals surface area (Å²) >= 11 is 6.27. The molecule has 4 aliphatic heterocycles. The number of nitrogens with zero attached hydrogens (tertiary/aromatic N) is 11. The quantitative estimate of drug-likeness (QED) is 0.120. The molecule has 2 amide bonds. The Hall–Kier alpha value is -6.16. The number of rotatable bonds is 13. The van der Waals surface area contributed by atoms with Gasteiger partial charge >= 0.3 is 0 Å². The lowest BCUT2D eigenvalue weighted by atomic mass is 9.49. The molecule has 0 spiro atoms. The third kappa shape index (κ3) is 9.88. The number of benzene rings is 2. The first-order valence-electron chi connectivity index (χ1n) is 25.7. The lowest BCUT2D eigenvalue weighted by molar-refractivity contribution is -0.164. The first kappa shape index (κ1) is 50.4. The molecule has 1 saturated carbocycles. The zero-order valence-electron chi connectivity index (χ0n) is 42.6. The lowest BCUT2D eigenvalue weighted by Crippen LogP contribution is -2.74. The Balaban J connectivity index is 0.707. The summed E-state index contributed by atoms with van der Waals surface area (Å²) in [5.74, 6) is 1.72. The normalized spacial score (nSPS) is 21.1. The number of ether oxygens (including phenoxy) is 2. The van der Waals surface area contributed by atoms with Gasteiger partial charge in [-0.1, -0.05) is 39.3 Å². The van der Waals surface area contributed by atoms with E-state index in [1.807, 2.05) is 11.0 Å². The van der Waals surface area contributed by atoms with Gasteiger partial charge in [-0.3, -0.25) is 19.0 Å². The van der Waals surface area contributed by atoms with E-state index in [2.05, 4.69) is 73.5 Å². The molecule has 0 unspecified atom stereocenters. The highest BCUT2D eigenvalue weighted by atomic mass is 35.5. The van der Waals surface area contributed by atoms with E-state index >= 15 is 0 Å². The van der Waals surface area contributed by atoms with Gasteiger partial charge in [0.05, 0.1) is 47.6 Å². The van der Waals surface area contributed by atoms with Crippen LogP contribution in [0.15, 0.2) is 55.1 Å². The fourth-order valence-corrected chi connectivity index (χ4v) is 12.7. The first-order valence-corrected chi connectivity index (χ1v) is 26.0. The fraction of sp³-hybridized carbons (Fsp3) is 0.537. The number of alkyl halides is 2. The molecule has 3 fully saturated rings. The van der Waals surface area contributed by atoms with E-state index in [9.17, 15) is 23.6 Å². The van der Waals surface area contributed by atoms with E-state index in [-0.39, 0.29) is 41.7 Å². The van der Waals surface area contributed by atoms with Gasteiger partial charge in [0.2, 0.25) is 11.9 Å². The van der Waals surface area contributed by atoms with Crippen LogP contribution >= 0.6 is 11.6 Å². The van der Waals surface area contributed by atoms with E-state index in [0.717, 1.165) is 99.6 Å². The minimum Gasteiger partial charge on any atom is -0.489 e. The van der Waals surface area contributed by atoms with Gasteiger partial charge in [0.25, 0.3) is 12.3 Å². The zero-order valence-corrected chi connectivity index (χ0v) is 43.3. The van der Waals surface area contributed by atoms with E-state index in [0.29, 0.717) is 71.6 Å². The van der Waals surface area contributed by atoms with Crippen molar-refractivity contribution in [3.05, 3.63) is 93.7 Å². The summed E-state index contributed by atoms with van der Waals surface area (Å²) in [5, 5.41) is 22.4. The van der Waals surface area contributed by atoms with E-state index in [1.54, 1.807) is 67.7 Å². The molecule has 0 atom stereocenters. The van der Waals surface area contributed by atoms with Gasteiger partial charge in [0.15, 0.2) is 5.82 Å². The molecule has 19 heteroatoms. The van der Waals surface area contributed by atoms with Crippen LogP contribution in [0.1, 0.15) is 117 Å². The van der Waals surface area contributed by atoms with Crippen molar-refractivity contribution in [2.75, 3.05) is 62.2 Å². The monoisotopic (exact) mass is 1020 g/mol. The number of carbonyl (C=O) groups excluding carboxylic acids is 2. The van der Waals surface area contributed by atoms with Gasteiger partial charge < -0.3 is 34.4 Å². The molecular weight excluding hydrogens is 954 g/mol. The number of anilines is 3. The van der Waals surface area contributed by atoms with Gasteiger partial charge in [-0.2, -0.15) is 15.5 Å². The average Bonchev–Trinajstić information content (AvgIpc) is 4.00. The molecule has 2 saturated heterocycles. The molecule has 10 rings (SSSR count). The summed E-state index contributed by atoms with van der Waals surface area (Å²) in [6, 6.07) is 10.7. The van der Waals surface area contributed by atoms with Crippen LogP contribution in [0.4, 0.5) is 26.2 Å². The zero-order chi connectivity index (χ0) is 51.3. The number of aryl methyl sites for hydroxylation is 2. The second-order valence-electron chi connectivity index (χ2n) is 21.6. The minimum atomic E-state index is -2.66. The number of hydrogen-bond acceptors (Lipinski definition) is 12. The molecule has 5 aliphatic rings. The molecule has 2 aromatic carbocycles. The topological polar surface area (TPSA) is 163 Å². The summed E-state index contributed by atoms with van der Waals surface area (Å²) < 4.78 is 46.2. The maximum Gasteiger partial charge on any atom is 0.264 e. The Kier molecular flexibility index (Phi) is 14.0. The molecule has 1 N–H and O–H groups in total. The standard InChI is InChI=1S/C54H65ClF2N12O4/c1-33(70)67-21-15-45-43(32-67)48(68-16-7-8-34-24-41(37-30-61-64(6)31-37)42(47(56)57)26-46(34)68)63-69(45)38-11-17-65(18-12-38)22-23-72-39-13-19-66(20-14-39)52-59-28-36(29-60-52)49(71)62-50-53(2,3)51(54(50,4)5)73-40-10-9-35(27-58)44(55)25-40/h9-10,24-26,28-31,38-39,47,50-51H,7-8,11-23,32H2,1-6H3,(H,62,71). The van der Waals surface area contributed by atoms with Crippen LogP contribution < -0.4 is 19.9 Å². The number of piperidine rings is 2. The predicted octanol–water partition coefficient (Wildman–Crippen LogP) is 8.46. The summed E-state index contributed by atoms with van der Waals surface area (Å²) in [7, 11) is 1.79. The summed E-state index contributed by atoms with van der Waals surface area (Å²) in [4.78, 5) is 44.0. The number of amides is 2. The van der Waals surface area contributed by atoms with Crippen molar-refractivity contribution in [1.29, 1.82) is 5.26 Å². The van der Waals surface area contributed by atoms with Crippen LogP contribution in [0.25, 0.3) is 11.1 Å². The summed E-state index contributed by atoms with van der Waals surface area (Å²) in [6.07, 6.45) is 9.73. The van der Waals surface area contributed by atoms with Crippen LogP contribution in [0.5, 0.6) is 5.75 Å². The maximum atomic E-state index is 14.8. The minimum absolute atomic E-state index is 0.0163. The van der Waals surface area contributed by atoms with Crippen LogP contribution in [-0.2, 0) is 36.0 Å². The highest BCUT2D eigenvalue weighted by Gasteiger charge is 2.64. The van der Waals surface area contributed by atoms with E-state index in [4.69, 9.17) is 26.2 Å². The maximum absolute atomic E-state index is 14.8. The number of likely N-dealkylation sites (tertiary alicyclic amines) is 1. The number of hydrogen-bond donors (Lipinski definition) is 1. The Morgan fingerprint density at radius 1 is 0.959 bits per heavy atom. The van der Waals surface area contributed by atoms with Crippen LogP contribution in [0.2, 0.25) is 5.02 Å². The predicted molar refractivity (Wildman–Crippen MR) is 273 cm³/mol. The fourth-order valence-electron chi connectivity index (χ4n) is 12.4. The number of nitrogens with one attached hydrogen (secondary N) is 1. The number of nitriles is 1. The van der Waals surface area contributed by atoms with Crippen molar-refractivity contribution in [2.45, 2.75) is 117 Å². The average molecular weight is 1020 g/mol. The van der Waals surface area contributed by atoms with E-state index in [1.165, 1.54) is 0 Å². The highest BCUT2D eigenvalue weighted by Crippen LogP contribution is 2.56. The third-order valence-corrected chi connectivity index (χ3v) is 16.4. The van der Waals surface area contributed by atoms with Gasteiger partial charge in [-0.05, 0) is 73.9 Å². The number of fused-ring (bicyclic) bond motifs is 2. The number of aromatic nitrogens is 6. The molecule has 1 aliphatic carbocycles. The molecule has 16 nitrogen and oxygen atoms in total. The van der Waals surface area contributed by atoms with Crippen molar-refractivity contribution in [1.82, 2.24) is 44.6 Å². The van der Waals surface area contributed by atoms with Crippen molar-refractivity contribution in [3.63, 3.8) is 0 Å². The highest BCUT2D eigenvalue weighted by molar-refractivity contribution is 6.31. The van der Waals surface area contributed by atoms with Crippen molar-refractivity contribution < 1.29 is 27.8 Å². The second kappa shape index (κ2) is 20.3. The van der Waals surface area contributed by atoms with Gasteiger partial charge in [-0.25, -0.2) is 18.7 Å². The smallest absolute Gasteiger partial charge is 0.264 e. The van der Waals surface area contributed by atoms with Crippen molar-refractivity contribution in [2.24, 2.45) is 17.9 Å². The lowest BCUT2D eigenvalue weighted by Gasteiger charge is -2.63. The molecule has 73 heavy (non-hydrogen) atoms. The second-order valence-corrected chi connectivity index (χ2v) is 22.0. The Bertz CT molecular complexity index is 2880. The van der Waals surface area contributed by atoms with Crippen LogP contribution in [-0.4, -0.2) is 122 Å². The Morgan fingerprint density at radius 2 is 1.70 bits per heavy atom. The van der Waals surface area contributed by atoms with Gasteiger partial charge in [0, 0.05) is 136 Å². The molecule has 0 bridgehead atoms. The number of halogens is 3. The Morgan fingerprint density at radius 3 is 2.36 bits per heavy atom. The molecule has 3 aromatic heterocycles. The molecular formula is C54H65ClF2N12O4. The molecule has 5 aromatic rings. The number of carbonyl (C=O) groups is 2. The van der Waals surface area contributed by atoms with Crippen molar-refractivity contribution in [3.8, 4) is 22.9 Å². The summed E-state index contributed by atoms with van der Waals surface area (Å²) in [6.45, 7) is 16.4. The van der Waals surface area contributed by atoms with E-state index < -0.39 is 17.3 Å². The van der Waals surface area contributed by atoms with Gasteiger partial charge in [0.1, 0.15) is 17.9 Å². The molecule has 0 radical (unpaired) electrons. The Labute approximate surface area is 430 Å². The SMILES string of the molecule is CC(=O)N1CCc2c(c(N3CCCc4cc(-c5cnn(C)c5)c(C(F)F)cc43)nn2C2CCN(CCOC3CCN(c4ncc(C(=O)NC5C(C)(C)C(Oc6ccc(C#N)c(Cl)c6)C5(C)C)cn4)CC3)CC2)C1. The van der Waals surface area contributed by atoms with Crippen LogP contribution in [0.3, 0.4) is 0 Å². The molecule has 7 heterocycles. The summed E-state index contributed by atoms with van der Waals surface area (Å²) in [5.41, 5.74) is 5.08. The third-order valence-electron chi connectivity index (χ3n) is 16.1. The van der Waals surface area contributed by atoms with Gasteiger partial charge in [-0.15, -0.1) is 0 Å². The van der Waals surface area contributed by atoms with Crippen molar-refractivity contribution >= 4 is 40.9 Å². The van der Waals surface area contributed by atoms with Crippen LogP contribution in [0, 0.1) is 22.2 Å². The molecule has 386 valence electrons. The largest absolute Gasteiger partial charge is 0.489 e.